The molecule has 5 heteroatoms. The summed E-state index contributed by atoms with van der Waals surface area (Å²) in [6.45, 7) is 0. The van der Waals surface area contributed by atoms with E-state index in [2.05, 4.69) is 4.79 Å². The smallest absolute Gasteiger partial charge is 0.318 e. The van der Waals surface area contributed by atoms with Gasteiger partial charge in [-0.3, -0.25) is 4.79 Å². The molecule has 3 nitrogen and oxygen atoms in total. The van der Waals surface area contributed by atoms with Gasteiger partial charge in [-0.2, -0.15) is 4.79 Å². The Labute approximate surface area is 72.5 Å². The number of carbonyl (C=O) groups is 1. The van der Waals surface area contributed by atoms with Crippen molar-refractivity contribution in [2.45, 2.75) is 0 Å². The molecule has 0 aromatic carbocycles. The third-order valence-corrected chi connectivity index (χ3v) is 1.66. The van der Waals surface area contributed by atoms with Crippen LogP contribution in [0.15, 0.2) is 22.2 Å². The summed E-state index contributed by atoms with van der Waals surface area (Å²) >= 11 is 10.9. The molecular weight excluding hydrogens is 187 g/mol. The Bertz CT molecular complexity index is 299. The van der Waals surface area contributed by atoms with Crippen molar-refractivity contribution in [1.82, 2.24) is 0 Å². The predicted octanol–water partition coefficient (Wildman–Crippen LogP) is 1.49. The van der Waals surface area contributed by atoms with E-state index >= 15 is 0 Å². The Balaban J connectivity index is 3.17. The fraction of sp³-hybridized carbons (Fsp3) is 0. The Morgan fingerprint density at radius 1 is 1.27 bits per heavy atom. The van der Waals surface area contributed by atoms with Crippen molar-refractivity contribution in [2.24, 2.45) is 0 Å². The lowest BCUT2D eigenvalue weighted by Crippen LogP contribution is -2.08. The number of carbonyl (C=O) groups excluding carboxylic acids is 1. The predicted molar refractivity (Wildman–Crippen MR) is 41.5 cm³/mol. The number of allylic oxidation sites excluding steroid dienone is 4. The average Bonchev–Trinajstić information content (AvgIpc) is 1.99. The first-order chi connectivity index (χ1) is 5.15. The fourth-order valence-corrected chi connectivity index (χ4v) is 1.08. The highest BCUT2D eigenvalue weighted by atomic mass is 35.5. The van der Waals surface area contributed by atoms with Crippen LogP contribution in [0.5, 0.6) is 0 Å². The molecule has 0 atom stereocenters. The van der Waals surface area contributed by atoms with E-state index in [0.29, 0.717) is 0 Å². The van der Waals surface area contributed by atoms with E-state index in [4.69, 9.17) is 28.7 Å². The van der Waals surface area contributed by atoms with Crippen molar-refractivity contribution in [3.8, 4) is 0 Å². The van der Waals surface area contributed by atoms with Gasteiger partial charge in [0.15, 0.2) is 0 Å². The normalized spacial score (nSPS) is 17.3. The van der Waals surface area contributed by atoms with Crippen LogP contribution in [0.25, 0.3) is 5.53 Å². The number of Topliss-reactive ketones (excluding diaryl/α,β-unsaturated/α-hetero) is 1. The summed E-state index contributed by atoms with van der Waals surface area (Å²) in [4.78, 5) is 13.7. The van der Waals surface area contributed by atoms with Crippen molar-refractivity contribution in [3.05, 3.63) is 27.7 Å². The second-order valence-electron chi connectivity index (χ2n) is 1.84. The monoisotopic (exact) mass is 188 g/mol. The minimum atomic E-state index is -0.458. The summed E-state index contributed by atoms with van der Waals surface area (Å²) in [5, 5.41) is -0.101. The number of halogens is 2. The van der Waals surface area contributed by atoms with Gasteiger partial charge in [0.1, 0.15) is 0 Å². The number of hydrogen-bond donors (Lipinski definition) is 0. The lowest BCUT2D eigenvalue weighted by Gasteiger charge is -1.98. The lowest BCUT2D eigenvalue weighted by molar-refractivity contribution is -0.111. The number of rotatable bonds is 0. The third-order valence-electron chi connectivity index (χ3n) is 1.10. The maximum absolute atomic E-state index is 10.8. The summed E-state index contributed by atoms with van der Waals surface area (Å²) in [6.07, 6.45) is 2.46. The molecule has 0 saturated heterocycles. The summed E-state index contributed by atoms with van der Waals surface area (Å²) < 4.78 is 0. The zero-order valence-corrected chi connectivity index (χ0v) is 6.73. The minimum absolute atomic E-state index is 0.0506. The standard InChI is InChI=1S/C6H2Cl2N2O/c7-4-1-3(10-9)2-5(8)6(4)11/h1-2H. The third kappa shape index (κ3) is 1.57. The Morgan fingerprint density at radius 3 is 2.09 bits per heavy atom. The molecule has 1 rings (SSSR count). The van der Waals surface area contributed by atoms with Crippen molar-refractivity contribution in [2.75, 3.05) is 0 Å². The molecule has 1 aliphatic carbocycles. The van der Waals surface area contributed by atoms with Crippen LogP contribution in [0.4, 0.5) is 0 Å². The molecule has 0 aromatic heterocycles. The van der Waals surface area contributed by atoms with Crippen LogP contribution in [0.1, 0.15) is 0 Å². The van der Waals surface area contributed by atoms with Crippen LogP contribution in [-0.4, -0.2) is 16.3 Å². The van der Waals surface area contributed by atoms with Crippen molar-refractivity contribution >= 4 is 34.7 Å². The summed E-state index contributed by atoms with van der Waals surface area (Å²) in [5.74, 6) is -0.458. The SMILES string of the molecule is [N-]=[N+]=C1C=C(Cl)C(=O)C(Cl)=C1. The molecule has 0 saturated carbocycles. The number of hydrogen-bond acceptors (Lipinski definition) is 1. The van der Waals surface area contributed by atoms with Gasteiger partial charge in [0.05, 0.1) is 22.2 Å². The van der Waals surface area contributed by atoms with Crippen molar-refractivity contribution in [1.29, 1.82) is 0 Å². The number of ketones is 1. The second-order valence-corrected chi connectivity index (χ2v) is 2.65. The van der Waals surface area contributed by atoms with Crippen LogP contribution in [0.2, 0.25) is 0 Å². The van der Waals surface area contributed by atoms with Gasteiger partial charge in [0.25, 0.3) is 0 Å². The van der Waals surface area contributed by atoms with E-state index in [9.17, 15) is 4.79 Å². The minimum Gasteiger partial charge on any atom is -0.361 e. The van der Waals surface area contributed by atoms with Gasteiger partial charge in [-0.1, -0.05) is 23.2 Å². The quantitative estimate of drug-likeness (QED) is 0.323. The van der Waals surface area contributed by atoms with Crippen molar-refractivity contribution < 1.29 is 9.58 Å². The fourth-order valence-electron chi connectivity index (χ4n) is 0.604. The molecule has 0 fully saturated rings. The molecular formula is C6H2Cl2N2O. The van der Waals surface area contributed by atoms with Crippen LogP contribution in [0, 0.1) is 0 Å². The van der Waals surface area contributed by atoms with Gasteiger partial charge in [0, 0.05) is 0 Å². The van der Waals surface area contributed by atoms with E-state index in [1.54, 1.807) is 0 Å². The van der Waals surface area contributed by atoms with Gasteiger partial charge in [-0.25, -0.2) is 0 Å². The summed E-state index contributed by atoms with van der Waals surface area (Å²) in [7, 11) is 0. The van der Waals surface area contributed by atoms with Crippen LogP contribution >= 0.6 is 23.2 Å². The Kier molecular flexibility index (Phi) is 2.25. The zero-order chi connectivity index (χ0) is 8.43. The molecule has 0 aromatic rings. The van der Waals surface area contributed by atoms with Crippen LogP contribution in [0.3, 0.4) is 0 Å². The van der Waals surface area contributed by atoms with E-state index in [1.165, 1.54) is 12.2 Å². The molecule has 0 heterocycles. The molecule has 0 aliphatic heterocycles. The second kappa shape index (κ2) is 3.01. The highest BCUT2D eigenvalue weighted by molar-refractivity contribution is 6.57. The first-order valence-corrected chi connectivity index (χ1v) is 3.42. The van der Waals surface area contributed by atoms with Gasteiger partial charge in [-0.15, -0.1) is 0 Å². The highest BCUT2D eigenvalue weighted by Crippen LogP contribution is 2.18. The highest BCUT2D eigenvalue weighted by Gasteiger charge is 2.20. The maximum Gasteiger partial charge on any atom is 0.318 e. The first kappa shape index (κ1) is 8.21. The molecule has 0 amide bonds. The molecule has 1 aliphatic rings. The molecule has 0 N–H and O–H groups in total. The number of nitrogens with zero attached hydrogens (tertiary/aromatic N) is 2. The zero-order valence-electron chi connectivity index (χ0n) is 5.21. The largest absolute Gasteiger partial charge is 0.361 e. The van der Waals surface area contributed by atoms with Gasteiger partial charge in [-0.05, 0) is 0 Å². The summed E-state index contributed by atoms with van der Waals surface area (Å²) in [6, 6.07) is 0. The molecule has 56 valence electrons. The average molecular weight is 189 g/mol. The maximum atomic E-state index is 10.8. The molecule has 0 radical (unpaired) electrons. The van der Waals surface area contributed by atoms with E-state index in [1.807, 2.05) is 0 Å². The first-order valence-electron chi connectivity index (χ1n) is 2.66. The molecule has 0 unspecified atom stereocenters. The van der Waals surface area contributed by atoms with Gasteiger partial charge >= 0.3 is 5.71 Å². The molecule has 11 heavy (non-hydrogen) atoms. The molecule has 0 bridgehead atoms. The topological polar surface area (TPSA) is 53.5 Å². The van der Waals surface area contributed by atoms with E-state index < -0.39 is 5.78 Å². The lowest BCUT2D eigenvalue weighted by atomic mass is 10.1. The van der Waals surface area contributed by atoms with Gasteiger partial charge in [0.2, 0.25) is 5.78 Å². The Hall–Kier alpha value is -0.890. The molecule has 0 spiro atoms. The van der Waals surface area contributed by atoms with Crippen LogP contribution in [-0.2, 0) is 4.79 Å². The van der Waals surface area contributed by atoms with E-state index in [0.717, 1.165) is 0 Å². The Morgan fingerprint density at radius 2 is 1.73 bits per heavy atom. The van der Waals surface area contributed by atoms with Crippen LogP contribution < -0.4 is 0 Å². The van der Waals surface area contributed by atoms with E-state index in [-0.39, 0.29) is 15.8 Å². The van der Waals surface area contributed by atoms with Gasteiger partial charge < -0.3 is 5.53 Å². The summed E-state index contributed by atoms with van der Waals surface area (Å²) in [5.41, 5.74) is 8.45. The van der Waals surface area contributed by atoms with Crippen molar-refractivity contribution in [3.63, 3.8) is 0 Å².